The standard InChI is InChI=1S/C19H18N4O5/c1-26-13-6-4-11(5-7-13)22-18(24)16-17(19(22)25)23(21-20-16)12-8-14(27-2)10-15(9-12)28-3/h4-10,16-17H,1-3H3/t16-,17-/m1/s1. The summed E-state index contributed by atoms with van der Waals surface area (Å²) >= 11 is 0. The Kier molecular flexibility index (Phi) is 4.34. The molecule has 1 fully saturated rings. The predicted molar refractivity (Wildman–Crippen MR) is 99.9 cm³/mol. The van der Waals surface area contributed by atoms with Crippen LogP contribution in [0.4, 0.5) is 11.4 Å². The minimum atomic E-state index is -0.896. The smallest absolute Gasteiger partial charge is 0.263 e. The largest absolute Gasteiger partial charge is 0.497 e. The second kappa shape index (κ2) is 6.84. The highest BCUT2D eigenvalue weighted by Crippen LogP contribution is 2.37. The fourth-order valence-electron chi connectivity index (χ4n) is 3.28. The molecule has 2 atom stereocenters. The van der Waals surface area contributed by atoms with Crippen LogP contribution in [0, 0.1) is 0 Å². The molecule has 0 aromatic heterocycles. The van der Waals surface area contributed by atoms with Gasteiger partial charge >= 0.3 is 0 Å². The second-order valence-electron chi connectivity index (χ2n) is 6.22. The van der Waals surface area contributed by atoms with Crippen LogP contribution in [-0.2, 0) is 9.59 Å². The Morgan fingerprint density at radius 1 is 0.786 bits per heavy atom. The van der Waals surface area contributed by atoms with Crippen molar-refractivity contribution >= 4 is 23.2 Å². The Morgan fingerprint density at radius 2 is 1.39 bits per heavy atom. The van der Waals surface area contributed by atoms with Crippen molar-refractivity contribution in [2.45, 2.75) is 12.1 Å². The van der Waals surface area contributed by atoms with Gasteiger partial charge in [-0.1, -0.05) is 5.22 Å². The molecule has 2 heterocycles. The molecule has 0 bridgehead atoms. The maximum absolute atomic E-state index is 13.1. The predicted octanol–water partition coefficient (Wildman–Crippen LogP) is 2.21. The summed E-state index contributed by atoms with van der Waals surface area (Å²) in [7, 11) is 4.61. The molecule has 0 N–H and O–H groups in total. The van der Waals surface area contributed by atoms with Gasteiger partial charge < -0.3 is 14.2 Å². The van der Waals surface area contributed by atoms with Crippen LogP contribution < -0.4 is 24.1 Å². The van der Waals surface area contributed by atoms with Gasteiger partial charge in [-0.05, 0) is 24.3 Å². The number of fused-ring (bicyclic) bond motifs is 1. The van der Waals surface area contributed by atoms with Crippen molar-refractivity contribution in [1.29, 1.82) is 0 Å². The van der Waals surface area contributed by atoms with E-state index >= 15 is 0 Å². The van der Waals surface area contributed by atoms with E-state index in [1.165, 1.54) is 19.2 Å². The number of ether oxygens (including phenoxy) is 3. The molecule has 9 heteroatoms. The molecular formula is C19H18N4O5. The highest BCUT2D eigenvalue weighted by atomic mass is 16.5. The molecule has 9 nitrogen and oxygen atoms in total. The average Bonchev–Trinajstić information content (AvgIpc) is 3.28. The summed E-state index contributed by atoms with van der Waals surface area (Å²) in [6.45, 7) is 0. The van der Waals surface area contributed by atoms with E-state index in [4.69, 9.17) is 14.2 Å². The zero-order valence-corrected chi connectivity index (χ0v) is 15.5. The highest BCUT2D eigenvalue weighted by Gasteiger charge is 2.55. The summed E-state index contributed by atoms with van der Waals surface area (Å²) in [5, 5.41) is 9.53. The van der Waals surface area contributed by atoms with Crippen LogP contribution in [0.15, 0.2) is 52.8 Å². The third kappa shape index (κ3) is 2.72. The van der Waals surface area contributed by atoms with E-state index in [9.17, 15) is 9.59 Å². The fourth-order valence-corrected chi connectivity index (χ4v) is 3.28. The average molecular weight is 382 g/mol. The number of hydrogen-bond donors (Lipinski definition) is 0. The first-order chi connectivity index (χ1) is 13.6. The Balaban J connectivity index is 1.68. The summed E-state index contributed by atoms with van der Waals surface area (Å²) in [4.78, 5) is 27.1. The summed E-state index contributed by atoms with van der Waals surface area (Å²) in [5.41, 5.74) is 1.01. The fraction of sp³-hybridized carbons (Fsp3) is 0.263. The topological polar surface area (TPSA) is 93.0 Å². The van der Waals surface area contributed by atoms with Crippen molar-refractivity contribution in [2.24, 2.45) is 10.3 Å². The quantitative estimate of drug-likeness (QED) is 0.736. The lowest BCUT2D eigenvalue weighted by Gasteiger charge is -2.21. The van der Waals surface area contributed by atoms with Crippen LogP contribution in [0.5, 0.6) is 17.2 Å². The lowest BCUT2D eigenvalue weighted by molar-refractivity contribution is -0.121. The van der Waals surface area contributed by atoms with E-state index in [1.54, 1.807) is 49.6 Å². The van der Waals surface area contributed by atoms with Crippen molar-refractivity contribution in [3.8, 4) is 17.2 Å². The molecule has 1 saturated heterocycles. The Labute approximate surface area is 161 Å². The summed E-state index contributed by atoms with van der Waals surface area (Å²) < 4.78 is 15.7. The van der Waals surface area contributed by atoms with Crippen LogP contribution in [0.2, 0.25) is 0 Å². The summed E-state index contributed by atoms with van der Waals surface area (Å²) in [5.74, 6) is 0.898. The maximum Gasteiger partial charge on any atom is 0.263 e. The van der Waals surface area contributed by atoms with E-state index in [0.29, 0.717) is 28.6 Å². The third-order valence-electron chi connectivity index (χ3n) is 4.71. The van der Waals surface area contributed by atoms with Gasteiger partial charge in [-0.2, -0.15) is 5.11 Å². The first-order valence-electron chi connectivity index (χ1n) is 8.52. The monoisotopic (exact) mass is 382 g/mol. The van der Waals surface area contributed by atoms with Gasteiger partial charge in [0.1, 0.15) is 17.2 Å². The molecule has 28 heavy (non-hydrogen) atoms. The van der Waals surface area contributed by atoms with Crippen LogP contribution in [-0.4, -0.2) is 45.2 Å². The number of amides is 2. The molecule has 144 valence electrons. The molecule has 2 aliphatic rings. The second-order valence-corrected chi connectivity index (χ2v) is 6.22. The maximum atomic E-state index is 13.1. The molecule has 0 aliphatic carbocycles. The van der Waals surface area contributed by atoms with Gasteiger partial charge in [0.2, 0.25) is 0 Å². The molecule has 2 aromatic carbocycles. The Hall–Kier alpha value is -3.62. The number of hydrogen-bond acceptors (Lipinski definition) is 8. The van der Waals surface area contributed by atoms with Crippen molar-refractivity contribution in [2.75, 3.05) is 31.2 Å². The van der Waals surface area contributed by atoms with Gasteiger partial charge in [0.05, 0.1) is 32.7 Å². The molecule has 0 radical (unpaired) electrons. The Morgan fingerprint density at radius 3 is 1.96 bits per heavy atom. The number of carbonyl (C=O) groups excluding carboxylic acids is 2. The number of imide groups is 1. The van der Waals surface area contributed by atoms with Gasteiger partial charge in [-0.3, -0.25) is 9.59 Å². The van der Waals surface area contributed by atoms with Crippen LogP contribution >= 0.6 is 0 Å². The van der Waals surface area contributed by atoms with Gasteiger partial charge in [-0.25, -0.2) is 9.91 Å². The summed E-state index contributed by atoms with van der Waals surface area (Å²) in [6, 6.07) is 10.1. The normalized spacial score (nSPS) is 20.5. The number of nitrogens with zero attached hydrogens (tertiary/aromatic N) is 4. The number of anilines is 2. The van der Waals surface area contributed by atoms with E-state index in [1.807, 2.05) is 0 Å². The lowest BCUT2D eigenvalue weighted by atomic mass is 10.1. The highest BCUT2D eigenvalue weighted by molar-refractivity contribution is 6.26. The van der Waals surface area contributed by atoms with Gasteiger partial charge in [-0.15, -0.1) is 0 Å². The summed E-state index contributed by atoms with van der Waals surface area (Å²) in [6.07, 6.45) is 0. The van der Waals surface area contributed by atoms with E-state index < -0.39 is 23.9 Å². The first kappa shape index (κ1) is 17.8. The SMILES string of the molecule is COc1ccc(N2C(=O)[C@@H]3N=NN(c4cc(OC)cc(OC)c4)[C@H]3C2=O)cc1. The molecule has 2 amide bonds. The van der Waals surface area contributed by atoms with Crippen molar-refractivity contribution < 1.29 is 23.8 Å². The number of rotatable bonds is 5. The zero-order valence-electron chi connectivity index (χ0n) is 15.5. The minimum Gasteiger partial charge on any atom is -0.497 e. The van der Waals surface area contributed by atoms with Crippen LogP contribution in [0.3, 0.4) is 0 Å². The molecule has 0 saturated carbocycles. The van der Waals surface area contributed by atoms with Crippen molar-refractivity contribution in [3.63, 3.8) is 0 Å². The van der Waals surface area contributed by atoms with Gasteiger partial charge in [0.15, 0.2) is 12.1 Å². The van der Waals surface area contributed by atoms with E-state index in [0.717, 1.165) is 4.90 Å². The first-order valence-corrected chi connectivity index (χ1v) is 8.52. The molecular weight excluding hydrogens is 364 g/mol. The number of carbonyl (C=O) groups is 2. The minimum absolute atomic E-state index is 0.396. The van der Waals surface area contributed by atoms with E-state index in [-0.39, 0.29) is 0 Å². The molecule has 0 spiro atoms. The molecule has 0 unspecified atom stereocenters. The Bertz CT molecular complexity index is 937. The number of benzene rings is 2. The van der Waals surface area contributed by atoms with Gasteiger partial charge in [0, 0.05) is 18.2 Å². The lowest BCUT2D eigenvalue weighted by Crippen LogP contribution is -2.39. The molecule has 2 aliphatic heterocycles. The van der Waals surface area contributed by atoms with Gasteiger partial charge in [0.25, 0.3) is 11.8 Å². The molecule has 2 aromatic rings. The van der Waals surface area contributed by atoms with Crippen molar-refractivity contribution in [3.05, 3.63) is 42.5 Å². The number of methoxy groups -OCH3 is 3. The van der Waals surface area contributed by atoms with Crippen LogP contribution in [0.25, 0.3) is 0 Å². The van der Waals surface area contributed by atoms with Crippen molar-refractivity contribution in [1.82, 2.24) is 0 Å². The van der Waals surface area contributed by atoms with Crippen LogP contribution in [0.1, 0.15) is 0 Å². The van der Waals surface area contributed by atoms with E-state index in [2.05, 4.69) is 10.3 Å². The molecule has 4 rings (SSSR count). The third-order valence-corrected chi connectivity index (χ3v) is 4.71. The zero-order chi connectivity index (χ0) is 19.8.